The van der Waals surface area contributed by atoms with Gasteiger partial charge in [0.05, 0.1) is 0 Å². The Morgan fingerprint density at radius 1 is 1.38 bits per heavy atom. The third kappa shape index (κ3) is 4.75. The number of thiophene rings is 1. The smallest absolute Gasteiger partial charge is 0.250 e. The van der Waals surface area contributed by atoms with E-state index < -0.39 is 10.0 Å². The molecular formula is C14H25N3O2S2. The quantitative estimate of drug-likeness (QED) is 0.797. The highest BCUT2D eigenvalue weighted by Crippen LogP contribution is 2.22. The van der Waals surface area contributed by atoms with Crippen LogP contribution in [-0.2, 0) is 16.6 Å². The van der Waals surface area contributed by atoms with Gasteiger partial charge in [0.25, 0.3) is 0 Å². The van der Waals surface area contributed by atoms with Gasteiger partial charge >= 0.3 is 0 Å². The maximum absolute atomic E-state index is 12.4. The second kappa shape index (κ2) is 7.69. The van der Waals surface area contributed by atoms with Gasteiger partial charge in [-0.05, 0) is 44.6 Å². The van der Waals surface area contributed by atoms with Gasteiger partial charge in [0.2, 0.25) is 10.0 Å². The summed E-state index contributed by atoms with van der Waals surface area (Å²) >= 11 is 1.35. The van der Waals surface area contributed by atoms with Crippen molar-refractivity contribution < 1.29 is 8.42 Å². The number of piperidine rings is 1. The van der Waals surface area contributed by atoms with Gasteiger partial charge in [-0.1, -0.05) is 13.8 Å². The van der Waals surface area contributed by atoms with Crippen molar-refractivity contribution in [2.45, 2.75) is 43.5 Å². The van der Waals surface area contributed by atoms with Crippen LogP contribution in [0.2, 0.25) is 0 Å². The lowest BCUT2D eigenvalue weighted by Crippen LogP contribution is -2.47. The molecule has 7 heteroatoms. The first-order chi connectivity index (χ1) is 10.0. The van der Waals surface area contributed by atoms with Crippen LogP contribution in [0, 0.1) is 0 Å². The molecule has 2 N–H and O–H groups in total. The molecule has 2 heterocycles. The Morgan fingerprint density at radius 2 is 2.19 bits per heavy atom. The van der Waals surface area contributed by atoms with E-state index in [1.807, 2.05) is 13.0 Å². The Bertz CT molecular complexity index is 542. The van der Waals surface area contributed by atoms with E-state index in [9.17, 15) is 8.42 Å². The van der Waals surface area contributed by atoms with Crippen molar-refractivity contribution in [2.24, 2.45) is 0 Å². The van der Waals surface area contributed by atoms with E-state index in [-0.39, 0.29) is 6.04 Å². The summed E-state index contributed by atoms with van der Waals surface area (Å²) in [5.74, 6) is 0. The number of nitrogens with one attached hydrogen (secondary N) is 2. The molecule has 1 aliphatic heterocycles. The molecule has 0 aromatic carbocycles. The number of sulfonamides is 1. The van der Waals surface area contributed by atoms with Crippen LogP contribution in [0.5, 0.6) is 0 Å². The summed E-state index contributed by atoms with van der Waals surface area (Å²) in [7, 11) is -3.38. The van der Waals surface area contributed by atoms with Gasteiger partial charge in [0.1, 0.15) is 4.21 Å². The molecule has 0 amide bonds. The van der Waals surface area contributed by atoms with E-state index in [2.05, 4.69) is 21.9 Å². The summed E-state index contributed by atoms with van der Waals surface area (Å²) in [6.45, 7) is 8.62. The van der Waals surface area contributed by atoms with Crippen molar-refractivity contribution in [3.63, 3.8) is 0 Å². The molecule has 0 bridgehead atoms. The van der Waals surface area contributed by atoms with Gasteiger partial charge in [-0.2, -0.15) is 0 Å². The molecule has 0 saturated carbocycles. The Kier molecular flexibility index (Phi) is 6.19. The van der Waals surface area contributed by atoms with E-state index in [1.165, 1.54) is 11.3 Å². The highest BCUT2D eigenvalue weighted by Gasteiger charge is 2.25. The molecular weight excluding hydrogens is 306 g/mol. The number of hydrogen-bond acceptors (Lipinski definition) is 5. The van der Waals surface area contributed by atoms with E-state index in [4.69, 9.17) is 0 Å². The van der Waals surface area contributed by atoms with Crippen LogP contribution in [0.25, 0.3) is 0 Å². The van der Waals surface area contributed by atoms with Crippen LogP contribution >= 0.6 is 11.3 Å². The standard InChI is InChI=1S/C14H25N3O2S2/c1-3-15-10-13-7-8-14(20-13)21(18,19)16-12-6-5-9-17(4-2)11-12/h7-8,12,15-16H,3-6,9-11H2,1-2H3. The molecule has 2 rings (SSSR count). The molecule has 1 atom stereocenters. The normalized spacial score (nSPS) is 20.8. The molecule has 1 aromatic rings. The van der Waals surface area contributed by atoms with Crippen molar-refractivity contribution in [3.05, 3.63) is 17.0 Å². The Morgan fingerprint density at radius 3 is 2.90 bits per heavy atom. The van der Waals surface area contributed by atoms with Crippen LogP contribution in [0.3, 0.4) is 0 Å². The monoisotopic (exact) mass is 331 g/mol. The zero-order valence-electron chi connectivity index (χ0n) is 12.8. The predicted molar refractivity (Wildman–Crippen MR) is 87.2 cm³/mol. The lowest BCUT2D eigenvalue weighted by atomic mass is 10.1. The van der Waals surface area contributed by atoms with Crippen LogP contribution in [0.1, 0.15) is 31.6 Å². The highest BCUT2D eigenvalue weighted by molar-refractivity contribution is 7.91. The predicted octanol–water partition coefficient (Wildman–Crippen LogP) is 1.62. The summed E-state index contributed by atoms with van der Waals surface area (Å²) in [6.07, 6.45) is 1.97. The molecule has 1 aliphatic rings. The molecule has 0 spiro atoms. The summed E-state index contributed by atoms with van der Waals surface area (Å²) in [6, 6.07) is 3.63. The molecule has 21 heavy (non-hydrogen) atoms. The zero-order valence-corrected chi connectivity index (χ0v) is 14.4. The molecule has 0 radical (unpaired) electrons. The largest absolute Gasteiger partial charge is 0.312 e. The van der Waals surface area contributed by atoms with Gasteiger partial charge in [-0.3, -0.25) is 0 Å². The second-order valence-corrected chi connectivity index (χ2v) is 8.46. The van der Waals surface area contributed by atoms with Crippen LogP contribution in [0.4, 0.5) is 0 Å². The lowest BCUT2D eigenvalue weighted by molar-refractivity contribution is 0.211. The van der Waals surface area contributed by atoms with Gasteiger partial charge in [0.15, 0.2) is 0 Å². The molecule has 1 fully saturated rings. The fraction of sp³-hybridized carbons (Fsp3) is 0.714. The average molecular weight is 332 g/mol. The van der Waals surface area contributed by atoms with E-state index in [0.29, 0.717) is 4.21 Å². The fourth-order valence-corrected chi connectivity index (χ4v) is 5.17. The van der Waals surface area contributed by atoms with Gasteiger partial charge in [0, 0.05) is 24.0 Å². The zero-order chi connectivity index (χ0) is 15.3. The summed E-state index contributed by atoms with van der Waals surface area (Å²) in [5.41, 5.74) is 0. The topological polar surface area (TPSA) is 61.4 Å². The Balaban J connectivity index is 1.99. The van der Waals surface area contributed by atoms with Gasteiger partial charge < -0.3 is 10.2 Å². The first kappa shape index (κ1) is 16.9. The van der Waals surface area contributed by atoms with Gasteiger partial charge in [-0.15, -0.1) is 11.3 Å². The minimum atomic E-state index is -3.38. The third-order valence-corrected chi connectivity index (χ3v) is 6.82. The molecule has 5 nitrogen and oxygen atoms in total. The Hall–Kier alpha value is -0.470. The lowest BCUT2D eigenvalue weighted by Gasteiger charge is -2.31. The molecule has 1 unspecified atom stereocenters. The van der Waals surface area contributed by atoms with Crippen LogP contribution in [0.15, 0.2) is 16.3 Å². The number of nitrogens with zero attached hydrogens (tertiary/aromatic N) is 1. The number of hydrogen-bond donors (Lipinski definition) is 2. The number of likely N-dealkylation sites (tertiary alicyclic amines) is 1. The van der Waals surface area contributed by atoms with Crippen molar-refractivity contribution in [1.82, 2.24) is 14.9 Å². The Labute approximate surface area is 131 Å². The highest BCUT2D eigenvalue weighted by atomic mass is 32.2. The first-order valence-electron chi connectivity index (χ1n) is 7.59. The number of likely N-dealkylation sites (N-methyl/N-ethyl adjacent to an activating group) is 1. The second-order valence-electron chi connectivity index (χ2n) is 5.35. The molecule has 1 saturated heterocycles. The maximum Gasteiger partial charge on any atom is 0.250 e. The van der Waals surface area contributed by atoms with Crippen LogP contribution < -0.4 is 10.0 Å². The summed E-state index contributed by atoms with van der Waals surface area (Å²) < 4.78 is 28.2. The molecule has 0 aliphatic carbocycles. The summed E-state index contributed by atoms with van der Waals surface area (Å²) in [4.78, 5) is 3.35. The fourth-order valence-electron chi connectivity index (χ4n) is 2.56. The maximum atomic E-state index is 12.4. The summed E-state index contributed by atoms with van der Waals surface area (Å²) in [5, 5.41) is 3.21. The molecule has 1 aromatic heterocycles. The first-order valence-corrected chi connectivity index (χ1v) is 9.89. The van der Waals surface area contributed by atoms with E-state index in [1.54, 1.807) is 6.07 Å². The van der Waals surface area contributed by atoms with E-state index in [0.717, 1.165) is 50.4 Å². The minimum absolute atomic E-state index is 0.0306. The third-order valence-electron chi connectivity index (χ3n) is 3.73. The van der Waals surface area contributed by atoms with Crippen molar-refractivity contribution in [2.75, 3.05) is 26.2 Å². The van der Waals surface area contributed by atoms with E-state index >= 15 is 0 Å². The van der Waals surface area contributed by atoms with Crippen molar-refractivity contribution in [1.29, 1.82) is 0 Å². The SMILES string of the molecule is CCNCc1ccc(S(=O)(=O)NC2CCCN(CC)C2)s1. The van der Waals surface area contributed by atoms with Crippen molar-refractivity contribution >= 4 is 21.4 Å². The average Bonchev–Trinajstić information content (AvgIpc) is 2.94. The van der Waals surface area contributed by atoms with Crippen molar-refractivity contribution in [3.8, 4) is 0 Å². The van der Waals surface area contributed by atoms with Gasteiger partial charge in [-0.25, -0.2) is 13.1 Å². The van der Waals surface area contributed by atoms with Crippen LogP contribution in [-0.4, -0.2) is 45.5 Å². The minimum Gasteiger partial charge on any atom is -0.312 e. The molecule has 120 valence electrons. The number of rotatable bonds is 7.